The molecule has 2 rings (SSSR count). The maximum Gasteiger partial charge on any atom is 0.0996 e. The number of nitrogens with one attached hydrogen (secondary N) is 1. The molecule has 1 aliphatic rings. The minimum atomic E-state index is -0.470. The Morgan fingerprint density at radius 1 is 1.57 bits per heavy atom. The molecule has 5 heteroatoms. The van der Waals surface area contributed by atoms with Crippen LogP contribution in [-0.4, -0.2) is 35.5 Å². The molecule has 0 aliphatic carbocycles. The number of aliphatic hydroxyl groups is 1. The first-order valence-corrected chi connectivity index (χ1v) is 4.49. The third kappa shape index (κ3) is 1.78. The average Bonchev–Trinajstić information content (AvgIpc) is 2.56. The fraction of sp³-hybridized carbons (Fsp3) is 0.444. The summed E-state index contributed by atoms with van der Waals surface area (Å²) in [5.41, 5.74) is 7.06. The smallest absolute Gasteiger partial charge is 0.0996 e. The number of hydrogen-bond acceptors (Lipinski definition) is 5. The lowest BCUT2D eigenvalue weighted by molar-refractivity contribution is 0.125. The summed E-state index contributed by atoms with van der Waals surface area (Å²) in [7, 11) is 0. The van der Waals surface area contributed by atoms with Crippen molar-refractivity contribution in [1.82, 2.24) is 4.98 Å². The highest BCUT2D eigenvalue weighted by molar-refractivity contribution is 5.64. The Hall–Kier alpha value is -1.33. The first-order valence-electron chi connectivity index (χ1n) is 4.49. The summed E-state index contributed by atoms with van der Waals surface area (Å²) >= 11 is 0. The highest BCUT2D eigenvalue weighted by Gasteiger charge is 2.26. The van der Waals surface area contributed by atoms with Gasteiger partial charge in [0.05, 0.1) is 42.9 Å². The van der Waals surface area contributed by atoms with Gasteiger partial charge in [-0.05, 0) is 6.07 Å². The SMILES string of the molecule is Nc1cnccc1NC1COCC1O. The van der Waals surface area contributed by atoms with Crippen molar-refractivity contribution in [3.05, 3.63) is 18.5 Å². The van der Waals surface area contributed by atoms with E-state index in [9.17, 15) is 5.11 Å². The number of hydrogen-bond donors (Lipinski definition) is 3. The summed E-state index contributed by atoms with van der Waals surface area (Å²) in [6, 6.07) is 1.69. The summed E-state index contributed by atoms with van der Waals surface area (Å²) in [6.45, 7) is 0.881. The number of pyridine rings is 1. The molecular formula is C9H13N3O2. The van der Waals surface area contributed by atoms with Crippen molar-refractivity contribution in [3.63, 3.8) is 0 Å². The zero-order chi connectivity index (χ0) is 9.97. The van der Waals surface area contributed by atoms with Gasteiger partial charge in [0, 0.05) is 6.20 Å². The van der Waals surface area contributed by atoms with Crippen LogP contribution in [0, 0.1) is 0 Å². The number of nitrogens with two attached hydrogens (primary N) is 1. The molecule has 0 aromatic carbocycles. The zero-order valence-electron chi connectivity index (χ0n) is 7.68. The molecule has 0 bridgehead atoms. The van der Waals surface area contributed by atoms with Crippen LogP contribution in [0.25, 0.3) is 0 Å². The van der Waals surface area contributed by atoms with Crippen LogP contribution in [0.2, 0.25) is 0 Å². The normalized spacial score (nSPS) is 26.4. The number of nitrogens with zero attached hydrogens (tertiary/aromatic N) is 1. The Kier molecular flexibility index (Phi) is 2.51. The van der Waals surface area contributed by atoms with Gasteiger partial charge in [0.25, 0.3) is 0 Å². The molecular weight excluding hydrogens is 182 g/mol. The predicted octanol–water partition coefficient (Wildman–Crippen LogP) is -0.165. The van der Waals surface area contributed by atoms with E-state index in [-0.39, 0.29) is 6.04 Å². The summed E-state index contributed by atoms with van der Waals surface area (Å²) in [6.07, 6.45) is 2.76. The zero-order valence-corrected chi connectivity index (χ0v) is 7.68. The van der Waals surface area contributed by atoms with E-state index >= 15 is 0 Å². The molecule has 0 radical (unpaired) electrons. The number of anilines is 2. The molecule has 1 aromatic rings. The number of aromatic nitrogens is 1. The van der Waals surface area contributed by atoms with Crippen molar-refractivity contribution in [2.24, 2.45) is 0 Å². The lowest BCUT2D eigenvalue weighted by atomic mass is 10.2. The van der Waals surface area contributed by atoms with Crippen LogP contribution in [0.3, 0.4) is 0 Å². The maximum absolute atomic E-state index is 9.50. The Morgan fingerprint density at radius 2 is 2.43 bits per heavy atom. The second kappa shape index (κ2) is 3.81. The standard InChI is InChI=1S/C9H13N3O2/c10-6-3-11-2-1-7(6)12-8-4-14-5-9(8)13/h1-3,8-9,13H,4-5,10H2,(H,11,12). The third-order valence-electron chi connectivity index (χ3n) is 2.24. The average molecular weight is 195 g/mol. The van der Waals surface area contributed by atoms with E-state index in [4.69, 9.17) is 10.5 Å². The van der Waals surface area contributed by atoms with Crippen LogP contribution in [0.15, 0.2) is 18.5 Å². The van der Waals surface area contributed by atoms with Crippen LogP contribution in [-0.2, 0) is 4.74 Å². The van der Waals surface area contributed by atoms with E-state index in [1.807, 2.05) is 0 Å². The molecule has 0 saturated carbocycles. The van der Waals surface area contributed by atoms with Gasteiger partial charge in [-0.3, -0.25) is 4.98 Å². The highest BCUT2D eigenvalue weighted by atomic mass is 16.5. The van der Waals surface area contributed by atoms with Crippen molar-refractivity contribution in [2.45, 2.75) is 12.1 Å². The first kappa shape index (κ1) is 9.23. The largest absolute Gasteiger partial charge is 0.396 e. The molecule has 2 unspecified atom stereocenters. The van der Waals surface area contributed by atoms with E-state index in [2.05, 4.69) is 10.3 Å². The quantitative estimate of drug-likeness (QED) is 0.610. The summed E-state index contributed by atoms with van der Waals surface area (Å²) in [5, 5.41) is 12.6. The molecule has 1 aromatic heterocycles. The van der Waals surface area contributed by atoms with E-state index in [0.29, 0.717) is 18.9 Å². The number of aliphatic hydroxyl groups excluding tert-OH is 1. The fourth-order valence-corrected chi connectivity index (χ4v) is 1.42. The Labute approximate surface area is 81.9 Å². The van der Waals surface area contributed by atoms with Gasteiger partial charge < -0.3 is 20.9 Å². The molecule has 4 N–H and O–H groups in total. The highest BCUT2D eigenvalue weighted by Crippen LogP contribution is 2.19. The monoisotopic (exact) mass is 195 g/mol. The van der Waals surface area contributed by atoms with E-state index in [1.54, 1.807) is 18.5 Å². The molecule has 5 nitrogen and oxygen atoms in total. The van der Waals surface area contributed by atoms with Gasteiger partial charge in [0.2, 0.25) is 0 Å². The minimum Gasteiger partial charge on any atom is -0.396 e. The molecule has 2 heterocycles. The van der Waals surface area contributed by atoms with Gasteiger partial charge in [-0.25, -0.2) is 0 Å². The summed E-state index contributed by atoms with van der Waals surface area (Å²) in [5.74, 6) is 0. The van der Waals surface area contributed by atoms with E-state index in [0.717, 1.165) is 5.69 Å². The van der Waals surface area contributed by atoms with Gasteiger partial charge in [-0.2, -0.15) is 0 Å². The van der Waals surface area contributed by atoms with Crippen molar-refractivity contribution < 1.29 is 9.84 Å². The molecule has 0 spiro atoms. The van der Waals surface area contributed by atoms with Crippen LogP contribution in [0.1, 0.15) is 0 Å². The van der Waals surface area contributed by atoms with Crippen molar-refractivity contribution >= 4 is 11.4 Å². The maximum atomic E-state index is 9.50. The molecule has 0 amide bonds. The first-order chi connectivity index (χ1) is 6.77. The van der Waals surface area contributed by atoms with Crippen LogP contribution in [0.5, 0.6) is 0 Å². The Morgan fingerprint density at radius 3 is 3.07 bits per heavy atom. The molecule has 1 aliphatic heterocycles. The third-order valence-corrected chi connectivity index (χ3v) is 2.24. The van der Waals surface area contributed by atoms with Crippen LogP contribution >= 0.6 is 0 Å². The fourth-order valence-electron chi connectivity index (χ4n) is 1.42. The van der Waals surface area contributed by atoms with Gasteiger partial charge in [-0.15, -0.1) is 0 Å². The second-order valence-corrected chi connectivity index (χ2v) is 3.32. The van der Waals surface area contributed by atoms with Gasteiger partial charge in [-0.1, -0.05) is 0 Å². The molecule has 14 heavy (non-hydrogen) atoms. The Bertz CT molecular complexity index is 319. The van der Waals surface area contributed by atoms with Crippen molar-refractivity contribution in [1.29, 1.82) is 0 Å². The van der Waals surface area contributed by atoms with Crippen molar-refractivity contribution in [2.75, 3.05) is 24.3 Å². The van der Waals surface area contributed by atoms with Gasteiger partial charge in [0.15, 0.2) is 0 Å². The van der Waals surface area contributed by atoms with Gasteiger partial charge >= 0.3 is 0 Å². The predicted molar refractivity (Wildman–Crippen MR) is 52.9 cm³/mol. The topological polar surface area (TPSA) is 80.4 Å². The molecule has 1 saturated heterocycles. The molecule has 2 atom stereocenters. The Balaban J connectivity index is 2.07. The minimum absolute atomic E-state index is 0.0836. The molecule has 1 fully saturated rings. The summed E-state index contributed by atoms with van der Waals surface area (Å²) in [4.78, 5) is 3.88. The van der Waals surface area contributed by atoms with Crippen molar-refractivity contribution in [3.8, 4) is 0 Å². The van der Waals surface area contributed by atoms with E-state index in [1.165, 1.54) is 0 Å². The summed E-state index contributed by atoms with van der Waals surface area (Å²) < 4.78 is 5.11. The van der Waals surface area contributed by atoms with E-state index < -0.39 is 6.10 Å². The van der Waals surface area contributed by atoms with Crippen LogP contribution in [0.4, 0.5) is 11.4 Å². The second-order valence-electron chi connectivity index (χ2n) is 3.32. The number of nitrogen functional groups attached to an aromatic ring is 1. The van der Waals surface area contributed by atoms with Gasteiger partial charge in [0.1, 0.15) is 0 Å². The van der Waals surface area contributed by atoms with Crippen LogP contribution < -0.4 is 11.1 Å². The lowest BCUT2D eigenvalue weighted by Crippen LogP contribution is -2.32. The lowest BCUT2D eigenvalue weighted by Gasteiger charge is -2.16. The number of rotatable bonds is 2. The molecule has 76 valence electrons. The number of ether oxygens (including phenoxy) is 1.